The number of fused-ring (bicyclic) bond motifs is 2. The molecule has 0 radical (unpaired) electrons. The molecule has 1 spiro atoms. The largest absolute Gasteiger partial charge is 0.490 e. The molecule has 4 rings (SSSR count). The molecule has 1 atom stereocenters. The minimum absolute atomic E-state index is 0.383. The molecule has 178 valence electrons. The number of aryl methyl sites for hydroxylation is 1. The van der Waals surface area contributed by atoms with E-state index in [0.717, 1.165) is 16.0 Å². The average molecular weight is 466 g/mol. The number of hydrogen-bond donors (Lipinski definition) is 3. The second-order valence-corrected chi connectivity index (χ2v) is 7.91. The fourth-order valence-electron chi connectivity index (χ4n) is 4.33. The maximum Gasteiger partial charge on any atom is 0.325 e. The van der Waals surface area contributed by atoms with Crippen LogP contribution in [-0.4, -0.2) is 48.5 Å². The van der Waals surface area contributed by atoms with Gasteiger partial charge in [-0.1, -0.05) is 24.3 Å². The molecule has 34 heavy (non-hydrogen) atoms. The molecule has 10 nitrogen and oxygen atoms in total. The first-order chi connectivity index (χ1) is 16.4. The van der Waals surface area contributed by atoms with Crippen molar-refractivity contribution in [2.24, 2.45) is 0 Å². The van der Waals surface area contributed by atoms with E-state index < -0.39 is 36.0 Å². The van der Waals surface area contributed by atoms with Crippen LogP contribution in [0.5, 0.6) is 11.5 Å². The number of anilines is 1. The summed E-state index contributed by atoms with van der Waals surface area (Å²) in [6.07, 6.45) is 1.08. The van der Waals surface area contributed by atoms with Crippen LogP contribution in [0.25, 0.3) is 0 Å². The first kappa shape index (κ1) is 23.1. The van der Waals surface area contributed by atoms with Crippen LogP contribution >= 0.6 is 0 Å². The maximum absolute atomic E-state index is 13.1. The van der Waals surface area contributed by atoms with Crippen molar-refractivity contribution in [2.45, 2.75) is 32.2 Å². The molecule has 1 aliphatic carbocycles. The van der Waals surface area contributed by atoms with Crippen molar-refractivity contribution in [3.8, 4) is 11.5 Å². The lowest BCUT2D eigenvalue weighted by molar-refractivity contribution is -0.135. The second kappa shape index (κ2) is 9.42. The lowest BCUT2D eigenvalue weighted by Gasteiger charge is -2.22. The van der Waals surface area contributed by atoms with Crippen LogP contribution in [0.1, 0.15) is 31.4 Å². The molecule has 2 aliphatic rings. The summed E-state index contributed by atoms with van der Waals surface area (Å²) in [5, 5.41) is 7.44. The zero-order valence-electron chi connectivity index (χ0n) is 19.0. The number of ether oxygens (including phenoxy) is 2. The molecule has 1 saturated heterocycles. The van der Waals surface area contributed by atoms with Crippen LogP contribution in [0, 0.1) is 0 Å². The summed E-state index contributed by atoms with van der Waals surface area (Å²) in [6, 6.07) is 10.8. The van der Waals surface area contributed by atoms with Crippen molar-refractivity contribution in [1.29, 1.82) is 0 Å². The Morgan fingerprint density at radius 1 is 1.06 bits per heavy atom. The van der Waals surface area contributed by atoms with E-state index in [2.05, 4.69) is 16.0 Å². The summed E-state index contributed by atoms with van der Waals surface area (Å²) < 4.78 is 11.0. The van der Waals surface area contributed by atoms with E-state index in [9.17, 15) is 19.2 Å². The highest BCUT2D eigenvalue weighted by atomic mass is 16.5. The van der Waals surface area contributed by atoms with E-state index in [1.807, 2.05) is 38.1 Å². The monoisotopic (exact) mass is 466 g/mol. The predicted octanol–water partition coefficient (Wildman–Crippen LogP) is 2.53. The smallest absolute Gasteiger partial charge is 0.325 e. The van der Waals surface area contributed by atoms with Gasteiger partial charge in [-0.25, -0.2) is 9.59 Å². The molecule has 2 aromatic carbocycles. The Kier molecular flexibility index (Phi) is 6.40. The van der Waals surface area contributed by atoms with Crippen molar-refractivity contribution < 1.29 is 28.7 Å². The minimum atomic E-state index is -1.16. The molecule has 10 heteroatoms. The Balaban J connectivity index is 1.39. The Labute approximate surface area is 196 Å². The van der Waals surface area contributed by atoms with E-state index in [1.165, 1.54) is 0 Å². The van der Waals surface area contributed by atoms with Crippen molar-refractivity contribution in [3.63, 3.8) is 0 Å². The number of benzene rings is 2. The van der Waals surface area contributed by atoms with Crippen molar-refractivity contribution in [3.05, 3.63) is 53.6 Å². The third-order valence-electron chi connectivity index (χ3n) is 5.78. The quantitative estimate of drug-likeness (QED) is 0.539. The van der Waals surface area contributed by atoms with E-state index in [-0.39, 0.29) is 0 Å². The third-order valence-corrected chi connectivity index (χ3v) is 5.78. The van der Waals surface area contributed by atoms with Gasteiger partial charge < -0.3 is 20.1 Å². The Hall–Kier alpha value is -4.08. The summed E-state index contributed by atoms with van der Waals surface area (Å²) in [7, 11) is 0. The van der Waals surface area contributed by atoms with Gasteiger partial charge in [0.15, 0.2) is 11.5 Å². The van der Waals surface area contributed by atoms with Crippen LogP contribution in [0.4, 0.5) is 15.3 Å². The summed E-state index contributed by atoms with van der Waals surface area (Å²) in [5.41, 5.74) is 0.959. The van der Waals surface area contributed by atoms with Gasteiger partial charge in [-0.05, 0) is 49.9 Å². The lowest BCUT2D eigenvalue weighted by atomic mass is 9.92. The van der Waals surface area contributed by atoms with Gasteiger partial charge in [-0.2, -0.15) is 0 Å². The van der Waals surface area contributed by atoms with Crippen LogP contribution in [0.3, 0.4) is 0 Å². The molecular weight excluding hydrogens is 440 g/mol. The molecule has 1 heterocycles. The second-order valence-electron chi connectivity index (χ2n) is 7.91. The molecule has 0 aromatic heterocycles. The number of urea groups is 2. The van der Waals surface area contributed by atoms with Gasteiger partial charge in [-0.15, -0.1) is 0 Å². The van der Waals surface area contributed by atoms with Gasteiger partial charge in [0.05, 0.1) is 13.2 Å². The molecule has 2 aromatic rings. The molecule has 0 saturated carbocycles. The first-order valence-electron chi connectivity index (χ1n) is 11.1. The van der Waals surface area contributed by atoms with Crippen LogP contribution in [0.2, 0.25) is 0 Å². The fourth-order valence-corrected chi connectivity index (χ4v) is 4.33. The highest BCUT2D eigenvalue weighted by Crippen LogP contribution is 2.41. The summed E-state index contributed by atoms with van der Waals surface area (Å²) in [4.78, 5) is 51.3. The minimum Gasteiger partial charge on any atom is -0.490 e. The molecule has 1 aliphatic heterocycles. The van der Waals surface area contributed by atoms with Crippen molar-refractivity contribution in [2.75, 3.05) is 25.1 Å². The predicted molar refractivity (Wildman–Crippen MR) is 123 cm³/mol. The molecule has 3 N–H and O–H groups in total. The molecule has 6 amide bonds. The van der Waals surface area contributed by atoms with Crippen LogP contribution < -0.4 is 25.4 Å². The van der Waals surface area contributed by atoms with E-state index in [4.69, 9.17) is 9.47 Å². The van der Waals surface area contributed by atoms with Gasteiger partial charge in [-0.3, -0.25) is 19.8 Å². The van der Waals surface area contributed by atoms with E-state index in [0.29, 0.717) is 43.2 Å². The third kappa shape index (κ3) is 4.26. The van der Waals surface area contributed by atoms with E-state index >= 15 is 0 Å². The Morgan fingerprint density at radius 2 is 1.79 bits per heavy atom. The number of nitrogens with one attached hydrogen (secondary N) is 3. The summed E-state index contributed by atoms with van der Waals surface area (Å²) >= 11 is 0. The number of nitrogens with zero attached hydrogens (tertiary/aromatic N) is 1. The zero-order chi connectivity index (χ0) is 24.3. The number of hydrogen-bond acceptors (Lipinski definition) is 6. The molecule has 0 bridgehead atoms. The fraction of sp³-hybridized carbons (Fsp3) is 0.333. The highest BCUT2D eigenvalue weighted by molar-refractivity contribution is 6.11. The standard InChI is InChI=1S/C24H26N4O6/c1-3-33-18-10-9-16(13-19(18)34-4-2)25-22(31)26-20(29)14-28-21(30)24(27-23(28)32)12-11-15-7-5-6-8-17(15)24/h5-10,13H,3-4,11-12,14H2,1-2H3,(H,27,32)(H2,25,26,29,31). The number of rotatable bonds is 7. The van der Waals surface area contributed by atoms with Gasteiger partial charge in [0.2, 0.25) is 5.91 Å². The Morgan fingerprint density at radius 3 is 2.56 bits per heavy atom. The average Bonchev–Trinajstić information content (AvgIpc) is 3.29. The maximum atomic E-state index is 13.1. The topological polar surface area (TPSA) is 126 Å². The number of carbonyl (C=O) groups is 4. The van der Waals surface area contributed by atoms with E-state index in [1.54, 1.807) is 18.2 Å². The Bertz CT molecular complexity index is 1150. The molecular formula is C24H26N4O6. The molecule has 1 fully saturated rings. The summed E-state index contributed by atoms with van der Waals surface area (Å²) in [5.74, 6) is -0.298. The number of amides is 6. The molecule has 1 unspecified atom stereocenters. The van der Waals surface area contributed by atoms with Gasteiger partial charge in [0, 0.05) is 11.8 Å². The summed E-state index contributed by atoms with van der Waals surface area (Å²) in [6.45, 7) is 3.96. The van der Waals surface area contributed by atoms with Gasteiger partial charge in [0.1, 0.15) is 12.1 Å². The normalized spacial score (nSPS) is 18.5. The van der Waals surface area contributed by atoms with Gasteiger partial charge >= 0.3 is 12.1 Å². The SMILES string of the molecule is CCOc1ccc(NC(=O)NC(=O)CN2C(=O)NC3(CCc4ccccc43)C2=O)cc1OCC. The number of carbonyl (C=O) groups excluding carboxylic acids is 4. The first-order valence-corrected chi connectivity index (χ1v) is 11.1. The lowest BCUT2D eigenvalue weighted by Crippen LogP contribution is -2.45. The van der Waals surface area contributed by atoms with Gasteiger partial charge in [0.25, 0.3) is 5.91 Å². The van der Waals surface area contributed by atoms with Crippen molar-refractivity contribution >= 4 is 29.6 Å². The highest BCUT2D eigenvalue weighted by Gasteiger charge is 2.55. The van der Waals surface area contributed by atoms with Crippen LogP contribution in [-0.2, 0) is 21.5 Å². The van der Waals surface area contributed by atoms with Crippen molar-refractivity contribution in [1.82, 2.24) is 15.5 Å². The number of imide groups is 2. The zero-order valence-corrected chi connectivity index (χ0v) is 19.0. The van der Waals surface area contributed by atoms with Crippen LogP contribution in [0.15, 0.2) is 42.5 Å².